The first-order valence-corrected chi connectivity index (χ1v) is 6.74. The molecule has 19 heavy (non-hydrogen) atoms. The molecule has 0 saturated heterocycles. The van der Waals surface area contributed by atoms with Crippen molar-refractivity contribution in [1.29, 1.82) is 0 Å². The molecule has 5 heteroatoms. The molecule has 0 amide bonds. The highest BCUT2D eigenvalue weighted by Crippen LogP contribution is 2.21. The van der Waals surface area contributed by atoms with Crippen molar-refractivity contribution in [2.24, 2.45) is 7.05 Å². The van der Waals surface area contributed by atoms with Gasteiger partial charge in [0.15, 0.2) is 0 Å². The van der Waals surface area contributed by atoms with Crippen molar-refractivity contribution < 1.29 is 0 Å². The Morgan fingerprint density at radius 3 is 2.68 bits per heavy atom. The lowest BCUT2D eigenvalue weighted by molar-refractivity contribution is 0.529. The van der Waals surface area contributed by atoms with Crippen LogP contribution in [0.3, 0.4) is 0 Å². The van der Waals surface area contributed by atoms with E-state index in [0.717, 1.165) is 34.9 Å². The Kier molecular flexibility index (Phi) is 4.56. The van der Waals surface area contributed by atoms with Crippen LogP contribution in [-0.4, -0.2) is 27.9 Å². The first kappa shape index (κ1) is 14.0. The van der Waals surface area contributed by atoms with E-state index in [9.17, 15) is 0 Å². The van der Waals surface area contributed by atoms with Crippen molar-refractivity contribution in [2.45, 2.75) is 25.8 Å². The molecule has 2 rings (SSSR count). The van der Waals surface area contributed by atoms with Crippen molar-refractivity contribution in [3.05, 3.63) is 46.5 Å². The minimum Gasteiger partial charge on any atom is -0.316 e. The molecule has 0 aromatic carbocycles. The lowest BCUT2D eigenvalue weighted by atomic mass is 10.1. The van der Waals surface area contributed by atoms with E-state index in [0.29, 0.717) is 6.04 Å². The van der Waals surface area contributed by atoms with Crippen molar-refractivity contribution >= 4 is 11.6 Å². The number of halogens is 1. The van der Waals surface area contributed by atoms with E-state index in [4.69, 9.17) is 11.6 Å². The molecule has 0 aliphatic rings. The van der Waals surface area contributed by atoms with Crippen LogP contribution in [0.5, 0.6) is 0 Å². The summed E-state index contributed by atoms with van der Waals surface area (Å²) in [4.78, 5) is 4.36. The van der Waals surface area contributed by atoms with Gasteiger partial charge in [0, 0.05) is 37.8 Å². The predicted molar refractivity (Wildman–Crippen MR) is 77.4 cm³/mol. The van der Waals surface area contributed by atoms with Gasteiger partial charge in [-0.25, -0.2) is 0 Å². The highest BCUT2D eigenvalue weighted by molar-refractivity contribution is 6.31. The third-order valence-electron chi connectivity index (χ3n) is 3.29. The van der Waals surface area contributed by atoms with Crippen molar-refractivity contribution in [3.63, 3.8) is 0 Å². The Hall–Kier alpha value is -1.39. The van der Waals surface area contributed by atoms with Crippen molar-refractivity contribution in [1.82, 2.24) is 20.1 Å². The molecule has 0 saturated carbocycles. The Bertz CT molecular complexity index is 536. The molecule has 2 heterocycles. The van der Waals surface area contributed by atoms with Gasteiger partial charge in [0.2, 0.25) is 0 Å². The second-order valence-corrected chi connectivity index (χ2v) is 5.06. The number of aryl methyl sites for hydroxylation is 2. The number of nitrogens with one attached hydrogen (secondary N) is 1. The maximum Gasteiger partial charge on any atom is 0.0847 e. The minimum atomic E-state index is 0.294. The zero-order valence-electron chi connectivity index (χ0n) is 11.5. The fourth-order valence-corrected chi connectivity index (χ4v) is 2.42. The first-order chi connectivity index (χ1) is 9.11. The molecule has 0 radical (unpaired) electrons. The molecule has 1 N–H and O–H groups in total. The SMILES string of the molecule is CNC(Cc1ccccn1)Cc1c(Cl)c(C)nn1C. The van der Waals surface area contributed by atoms with Crippen LogP contribution in [-0.2, 0) is 19.9 Å². The van der Waals surface area contributed by atoms with Gasteiger partial charge >= 0.3 is 0 Å². The van der Waals surface area contributed by atoms with E-state index in [-0.39, 0.29) is 0 Å². The summed E-state index contributed by atoms with van der Waals surface area (Å²) in [6, 6.07) is 6.28. The fourth-order valence-electron chi connectivity index (χ4n) is 2.18. The number of rotatable bonds is 5. The summed E-state index contributed by atoms with van der Waals surface area (Å²) in [7, 11) is 3.90. The maximum absolute atomic E-state index is 6.29. The van der Waals surface area contributed by atoms with E-state index < -0.39 is 0 Å². The Morgan fingerprint density at radius 1 is 1.37 bits per heavy atom. The smallest absolute Gasteiger partial charge is 0.0847 e. The van der Waals surface area contributed by atoms with Gasteiger partial charge in [0.1, 0.15) is 0 Å². The molecule has 4 nitrogen and oxygen atoms in total. The van der Waals surface area contributed by atoms with Gasteiger partial charge < -0.3 is 5.32 Å². The first-order valence-electron chi connectivity index (χ1n) is 6.37. The fraction of sp³-hybridized carbons (Fsp3) is 0.429. The standard InChI is InChI=1S/C14H19ClN4/c1-10-14(15)13(19(3)18-10)9-12(16-2)8-11-6-4-5-7-17-11/h4-7,12,16H,8-9H2,1-3H3. The number of aromatic nitrogens is 3. The average molecular weight is 279 g/mol. The number of hydrogen-bond donors (Lipinski definition) is 1. The average Bonchev–Trinajstić information content (AvgIpc) is 2.65. The molecule has 0 aliphatic heterocycles. The molecule has 0 bridgehead atoms. The summed E-state index contributed by atoms with van der Waals surface area (Å²) < 4.78 is 1.86. The van der Waals surface area contributed by atoms with E-state index in [1.54, 1.807) is 0 Å². The molecule has 0 fully saturated rings. The van der Waals surface area contributed by atoms with Gasteiger partial charge in [-0.15, -0.1) is 0 Å². The molecule has 0 spiro atoms. The topological polar surface area (TPSA) is 42.7 Å². The summed E-state index contributed by atoms with van der Waals surface area (Å²) in [6.07, 6.45) is 3.53. The van der Waals surface area contributed by atoms with Crippen LogP contribution in [0.2, 0.25) is 5.02 Å². The Balaban J connectivity index is 2.11. The number of likely N-dealkylation sites (N-methyl/N-ethyl adjacent to an activating group) is 1. The molecule has 2 aromatic heterocycles. The lowest BCUT2D eigenvalue weighted by Gasteiger charge is -2.16. The van der Waals surface area contributed by atoms with Crippen LogP contribution < -0.4 is 5.32 Å². The molecular weight excluding hydrogens is 260 g/mol. The third-order valence-corrected chi connectivity index (χ3v) is 3.78. The van der Waals surface area contributed by atoms with E-state index in [1.807, 2.05) is 50.1 Å². The molecule has 1 atom stereocenters. The van der Waals surface area contributed by atoms with Crippen LogP contribution in [0.1, 0.15) is 17.1 Å². The lowest BCUT2D eigenvalue weighted by Crippen LogP contribution is -2.31. The zero-order chi connectivity index (χ0) is 13.8. The number of nitrogens with zero attached hydrogens (tertiary/aromatic N) is 3. The zero-order valence-corrected chi connectivity index (χ0v) is 12.3. The summed E-state index contributed by atoms with van der Waals surface area (Å²) in [5.74, 6) is 0. The van der Waals surface area contributed by atoms with Crippen molar-refractivity contribution in [3.8, 4) is 0 Å². The van der Waals surface area contributed by atoms with Crippen LogP contribution in [0, 0.1) is 6.92 Å². The van der Waals surface area contributed by atoms with Gasteiger partial charge in [-0.1, -0.05) is 17.7 Å². The highest BCUT2D eigenvalue weighted by Gasteiger charge is 2.16. The van der Waals surface area contributed by atoms with Gasteiger partial charge in [0.25, 0.3) is 0 Å². The molecular formula is C14H19ClN4. The normalized spacial score (nSPS) is 12.6. The van der Waals surface area contributed by atoms with E-state index >= 15 is 0 Å². The molecule has 1 unspecified atom stereocenters. The predicted octanol–water partition coefficient (Wildman–Crippen LogP) is 2.15. The van der Waals surface area contributed by atoms with Crippen LogP contribution in [0.25, 0.3) is 0 Å². The highest BCUT2D eigenvalue weighted by atomic mass is 35.5. The van der Waals surface area contributed by atoms with E-state index in [2.05, 4.69) is 15.4 Å². The summed E-state index contributed by atoms with van der Waals surface area (Å²) in [5, 5.41) is 8.44. The van der Waals surface area contributed by atoms with Gasteiger partial charge in [-0.2, -0.15) is 5.10 Å². The van der Waals surface area contributed by atoms with Gasteiger partial charge in [-0.05, 0) is 26.1 Å². The summed E-state index contributed by atoms with van der Waals surface area (Å²) >= 11 is 6.29. The van der Waals surface area contributed by atoms with Crippen molar-refractivity contribution in [2.75, 3.05) is 7.05 Å². The van der Waals surface area contributed by atoms with Crippen LogP contribution in [0.4, 0.5) is 0 Å². The van der Waals surface area contributed by atoms with Gasteiger partial charge in [0.05, 0.1) is 16.4 Å². The largest absolute Gasteiger partial charge is 0.316 e. The minimum absolute atomic E-state index is 0.294. The molecule has 102 valence electrons. The second kappa shape index (κ2) is 6.17. The summed E-state index contributed by atoms with van der Waals surface area (Å²) in [6.45, 7) is 1.93. The molecule has 2 aromatic rings. The summed E-state index contributed by atoms with van der Waals surface area (Å²) in [5.41, 5.74) is 3.03. The van der Waals surface area contributed by atoms with E-state index in [1.165, 1.54) is 0 Å². The van der Waals surface area contributed by atoms with Crippen LogP contribution >= 0.6 is 11.6 Å². The number of hydrogen-bond acceptors (Lipinski definition) is 3. The third kappa shape index (κ3) is 3.33. The monoisotopic (exact) mass is 278 g/mol. The Labute approximate surface area is 118 Å². The Morgan fingerprint density at radius 2 is 2.16 bits per heavy atom. The van der Waals surface area contributed by atoms with Gasteiger partial charge in [-0.3, -0.25) is 9.67 Å². The molecule has 0 aliphatic carbocycles. The van der Waals surface area contributed by atoms with Crippen LogP contribution in [0.15, 0.2) is 24.4 Å². The second-order valence-electron chi connectivity index (χ2n) is 4.68. The number of pyridine rings is 1. The quantitative estimate of drug-likeness (QED) is 0.911. The maximum atomic E-state index is 6.29.